The third-order valence-corrected chi connectivity index (χ3v) is 15.5. The second kappa shape index (κ2) is 45.1. The first-order valence-electron chi connectivity index (χ1n) is 32.2. The molecule has 0 bridgehead atoms. The summed E-state index contributed by atoms with van der Waals surface area (Å²) in [5.41, 5.74) is 0. The zero-order chi connectivity index (χ0) is 68.1. The van der Waals surface area contributed by atoms with E-state index in [4.69, 9.17) is 28.4 Å². The number of aliphatic hydroxyl groups excluding tert-OH is 9. The van der Waals surface area contributed by atoms with E-state index in [1.165, 1.54) is 20.8 Å². The lowest BCUT2D eigenvalue weighted by Gasteiger charge is -2.42. The van der Waals surface area contributed by atoms with Crippen LogP contribution in [0.2, 0.25) is 0 Å². The van der Waals surface area contributed by atoms with E-state index >= 15 is 0 Å². The molecule has 0 aromatic rings. The maximum absolute atomic E-state index is 14.3. The number of rotatable bonds is 45. The molecular formula is C59H105N9O24. The molecule has 92 heavy (non-hydrogen) atoms. The Kier molecular flexibility index (Phi) is 39.6. The molecule has 0 saturated carbocycles. The Morgan fingerprint density at radius 3 is 1.07 bits per heavy atom. The maximum atomic E-state index is 14.3. The average Bonchev–Trinajstić information content (AvgIpc) is 0.865. The Bertz CT molecular complexity index is 2230. The number of amides is 9. The van der Waals surface area contributed by atoms with Gasteiger partial charge in [-0.15, -0.1) is 0 Å². The summed E-state index contributed by atoms with van der Waals surface area (Å²) in [6.45, 7) is 4.88. The normalized spacial score (nSPS) is 26.9. The number of ether oxygens (including phenoxy) is 6. The Morgan fingerprint density at radius 1 is 0.380 bits per heavy atom. The van der Waals surface area contributed by atoms with Crippen molar-refractivity contribution < 1.29 is 118 Å². The minimum atomic E-state index is -1.52. The number of hydrogen-bond acceptors (Lipinski definition) is 24. The van der Waals surface area contributed by atoms with Crippen LogP contribution < -0.4 is 47.9 Å². The molecule has 3 fully saturated rings. The lowest BCUT2D eigenvalue weighted by molar-refractivity contribution is -0.270. The monoisotopic (exact) mass is 1320 g/mol. The van der Waals surface area contributed by atoms with Crippen LogP contribution in [0.5, 0.6) is 0 Å². The van der Waals surface area contributed by atoms with Gasteiger partial charge in [0.05, 0.1) is 19.8 Å². The van der Waals surface area contributed by atoms with Crippen LogP contribution in [-0.2, 0) is 71.6 Å². The molecule has 3 rings (SSSR count). The highest BCUT2D eigenvalue weighted by Gasteiger charge is 2.48. The number of hydrogen-bond donors (Lipinski definition) is 18. The van der Waals surface area contributed by atoms with Crippen molar-refractivity contribution in [1.29, 1.82) is 0 Å². The van der Waals surface area contributed by atoms with Crippen molar-refractivity contribution in [2.45, 2.75) is 254 Å². The van der Waals surface area contributed by atoms with Gasteiger partial charge in [-0.1, -0.05) is 6.42 Å². The van der Waals surface area contributed by atoms with Crippen LogP contribution in [0.25, 0.3) is 0 Å². The van der Waals surface area contributed by atoms with E-state index < -0.39 is 159 Å². The van der Waals surface area contributed by atoms with Crippen molar-refractivity contribution in [3.8, 4) is 0 Å². The van der Waals surface area contributed by atoms with Gasteiger partial charge in [-0.25, -0.2) is 0 Å². The first-order chi connectivity index (χ1) is 44.0. The fourth-order valence-electron chi connectivity index (χ4n) is 10.5. The van der Waals surface area contributed by atoms with Crippen molar-refractivity contribution in [2.75, 3.05) is 65.8 Å². The first-order valence-corrected chi connectivity index (χ1v) is 32.2. The summed E-state index contributed by atoms with van der Waals surface area (Å²) < 4.78 is 34.0. The summed E-state index contributed by atoms with van der Waals surface area (Å²) in [5, 5.41) is 116. The van der Waals surface area contributed by atoms with Gasteiger partial charge in [-0.2, -0.15) is 0 Å². The third kappa shape index (κ3) is 29.9. The Balaban J connectivity index is 1.62. The molecule has 18 N–H and O–H groups in total. The smallest absolute Gasteiger partial charge is 0.243 e. The minimum absolute atomic E-state index is 0.0328. The maximum Gasteiger partial charge on any atom is 0.243 e. The number of carbonyl (C=O) groups is 9. The van der Waals surface area contributed by atoms with Gasteiger partial charge in [0, 0.05) is 92.5 Å². The van der Waals surface area contributed by atoms with E-state index in [2.05, 4.69) is 47.9 Å². The fraction of sp³-hybridized carbons (Fsp3) is 0.847. The second-order valence-electron chi connectivity index (χ2n) is 23.2. The van der Waals surface area contributed by atoms with Crippen LogP contribution in [0.15, 0.2) is 0 Å². The highest BCUT2D eigenvalue weighted by molar-refractivity contribution is 5.92. The van der Waals surface area contributed by atoms with E-state index in [1.54, 1.807) is 0 Å². The molecule has 0 aromatic carbocycles. The van der Waals surface area contributed by atoms with Gasteiger partial charge < -0.3 is 122 Å². The van der Waals surface area contributed by atoms with Crippen molar-refractivity contribution in [2.24, 2.45) is 0 Å². The van der Waals surface area contributed by atoms with Crippen molar-refractivity contribution in [3.05, 3.63) is 0 Å². The summed E-state index contributed by atoms with van der Waals surface area (Å²) in [7, 11) is 0. The fourth-order valence-corrected chi connectivity index (χ4v) is 10.5. The minimum Gasteiger partial charge on any atom is -0.394 e. The summed E-state index contributed by atoms with van der Waals surface area (Å²) in [4.78, 5) is 115. The number of nitrogens with one attached hydrogen (secondary N) is 9. The lowest BCUT2D eigenvalue weighted by Crippen LogP contribution is -2.64. The summed E-state index contributed by atoms with van der Waals surface area (Å²) in [5.74, 6) is -3.84. The molecule has 0 aliphatic carbocycles. The van der Waals surface area contributed by atoms with Crippen LogP contribution in [0, 0.1) is 0 Å². The predicted octanol–water partition coefficient (Wildman–Crippen LogP) is -5.27. The van der Waals surface area contributed by atoms with Gasteiger partial charge in [0.1, 0.15) is 85.1 Å². The second-order valence-corrected chi connectivity index (χ2v) is 23.2. The van der Waals surface area contributed by atoms with Crippen LogP contribution in [0.1, 0.15) is 150 Å². The van der Waals surface area contributed by atoms with E-state index in [9.17, 15) is 89.1 Å². The Morgan fingerprint density at radius 2 is 0.707 bits per heavy atom. The Hall–Kier alpha value is -5.37. The van der Waals surface area contributed by atoms with E-state index in [0.717, 1.165) is 0 Å². The molecule has 0 aromatic heterocycles. The molecule has 530 valence electrons. The predicted molar refractivity (Wildman–Crippen MR) is 323 cm³/mol. The standard InChI is InChI=1S/C59H105N9O24/c1-5-60-42(75)21-7-6-13-27-63-55(85)37(19-8-14-25-61-43(76)22-10-16-28-87-57-46(64-34(2)72)52(82)49(79)39(31-69)90-57)68-56(86)38(67-45(78)24-12-18-30-89-59-48(66-36(4)74)54(84)51(81)41(33-71)92-59)20-9-15-26-62-44(77)23-11-17-29-88-58-47(65-35(3)73)53(83)50(80)40(32-70)91-58/h37-41,46-54,57-59,69-71,79-84H,5-33H2,1-4H3,(H,60,75)(H,61,76)(H,62,77)(H,63,85)(H,64,72)(H,65,73)(H,66,74)(H,67,78)(H,68,86). The molecule has 33 nitrogen and oxygen atoms in total. The summed E-state index contributed by atoms with van der Waals surface area (Å²) in [6.07, 6.45) is -10.1. The van der Waals surface area contributed by atoms with E-state index in [-0.39, 0.29) is 102 Å². The zero-order valence-electron chi connectivity index (χ0n) is 53.5. The molecule has 3 aliphatic rings. The number of carbonyl (C=O) groups excluding carboxylic acids is 9. The van der Waals surface area contributed by atoms with Crippen molar-refractivity contribution >= 4 is 53.2 Å². The molecule has 9 amide bonds. The first kappa shape index (κ1) is 80.9. The van der Waals surface area contributed by atoms with Crippen molar-refractivity contribution in [3.63, 3.8) is 0 Å². The van der Waals surface area contributed by atoms with Crippen LogP contribution in [-0.4, -0.2) is 269 Å². The average molecular weight is 1320 g/mol. The molecule has 33 heteroatoms. The van der Waals surface area contributed by atoms with Gasteiger partial charge in [-0.3, -0.25) is 43.2 Å². The van der Waals surface area contributed by atoms with Gasteiger partial charge in [0.15, 0.2) is 18.9 Å². The van der Waals surface area contributed by atoms with Gasteiger partial charge in [0.25, 0.3) is 0 Å². The lowest BCUT2D eigenvalue weighted by atomic mass is 9.97. The van der Waals surface area contributed by atoms with Gasteiger partial charge >= 0.3 is 0 Å². The molecule has 3 aliphatic heterocycles. The quantitative estimate of drug-likeness (QED) is 0.0253. The largest absolute Gasteiger partial charge is 0.394 e. The Labute approximate surface area is 536 Å². The van der Waals surface area contributed by atoms with Crippen LogP contribution in [0.3, 0.4) is 0 Å². The number of unbranched alkanes of at least 4 members (excludes halogenated alkanes) is 7. The van der Waals surface area contributed by atoms with Gasteiger partial charge in [0.2, 0.25) is 53.2 Å². The van der Waals surface area contributed by atoms with E-state index in [1.807, 2.05) is 6.92 Å². The molecule has 17 atom stereocenters. The van der Waals surface area contributed by atoms with Gasteiger partial charge in [-0.05, 0) is 96.8 Å². The van der Waals surface area contributed by atoms with Crippen molar-refractivity contribution in [1.82, 2.24) is 47.9 Å². The molecule has 17 unspecified atom stereocenters. The SMILES string of the molecule is CCNC(=O)CCCCCNC(=O)C(CCCCNC(=O)CCCCOC1OC(CO)C(O)C(O)C1NC(C)=O)NC(=O)C(CCCCNC(=O)CCCCOC1OC(CO)C(O)C(O)C1NC(C)=O)NC(=O)CCCCOC1OC(CO)C(O)C(O)C1NC(C)=O. The highest BCUT2D eigenvalue weighted by atomic mass is 16.7. The third-order valence-electron chi connectivity index (χ3n) is 15.5. The highest BCUT2D eigenvalue weighted by Crippen LogP contribution is 2.26. The molecule has 3 heterocycles. The topological polar surface area (TPSA) is 499 Å². The van der Waals surface area contributed by atoms with Crippen LogP contribution in [0.4, 0.5) is 0 Å². The summed E-state index contributed by atoms with van der Waals surface area (Å²) >= 11 is 0. The molecule has 0 radical (unpaired) electrons. The summed E-state index contributed by atoms with van der Waals surface area (Å²) in [6, 6.07) is -5.62. The zero-order valence-corrected chi connectivity index (χ0v) is 53.5. The molecular weight excluding hydrogens is 1220 g/mol. The molecule has 3 saturated heterocycles. The number of aliphatic hydroxyl groups is 9. The molecule has 0 spiro atoms. The van der Waals surface area contributed by atoms with E-state index in [0.29, 0.717) is 83.6 Å². The van der Waals surface area contributed by atoms with Crippen LogP contribution >= 0.6 is 0 Å².